The Kier molecular flexibility index (Phi) is 7.98. The summed E-state index contributed by atoms with van der Waals surface area (Å²) in [5.74, 6) is 0.458. The second-order valence-corrected chi connectivity index (χ2v) is 8.06. The van der Waals surface area contributed by atoms with Crippen LogP contribution in [0.4, 0.5) is 24.5 Å². The summed E-state index contributed by atoms with van der Waals surface area (Å²) < 4.78 is 49.2. The Morgan fingerprint density at radius 2 is 1.85 bits per heavy atom. The fourth-order valence-corrected chi connectivity index (χ4v) is 3.95. The molecule has 0 atom stereocenters. The zero-order valence-corrected chi connectivity index (χ0v) is 18.6. The van der Waals surface area contributed by atoms with E-state index in [0.717, 1.165) is 36.3 Å². The van der Waals surface area contributed by atoms with Crippen molar-refractivity contribution in [1.82, 2.24) is 5.32 Å². The number of carbonyl (C=O) groups is 1. The monoisotopic (exact) mass is 481 g/mol. The minimum Gasteiger partial charge on any atom is -0.497 e. The molecule has 0 aliphatic carbocycles. The Labute approximate surface area is 194 Å². The quantitative estimate of drug-likeness (QED) is 0.409. The third kappa shape index (κ3) is 6.16. The minimum absolute atomic E-state index is 0.00658. The molecule has 2 aromatic carbocycles. The number of rotatable bonds is 9. The SMILES string of the molecule is COc1ccc(C2(CNC(=O)CCNc3ccc(C(F)(F)F)cc3[N+](=O)[O-])CCOCC2)cc1. The highest BCUT2D eigenvalue weighted by atomic mass is 19.4. The highest BCUT2D eigenvalue weighted by molar-refractivity contribution is 5.77. The van der Waals surface area contributed by atoms with Crippen LogP contribution in [0.15, 0.2) is 42.5 Å². The van der Waals surface area contributed by atoms with E-state index in [0.29, 0.717) is 25.8 Å². The number of alkyl halides is 3. The van der Waals surface area contributed by atoms with Crippen molar-refractivity contribution in [2.45, 2.75) is 30.9 Å². The lowest BCUT2D eigenvalue weighted by Crippen LogP contribution is -2.44. The molecule has 1 heterocycles. The van der Waals surface area contributed by atoms with Crippen molar-refractivity contribution < 1.29 is 32.4 Å². The predicted molar refractivity (Wildman–Crippen MR) is 119 cm³/mol. The predicted octanol–water partition coefficient (Wildman–Crippen LogP) is 4.29. The molecule has 3 rings (SSSR count). The molecule has 1 amide bonds. The maximum atomic E-state index is 12.8. The van der Waals surface area contributed by atoms with Crippen molar-refractivity contribution in [2.75, 3.05) is 38.7 Å². The van der Waals surface area contributed by atoms with Crippen LogP contribution in [-0.2, 0) is 21.1 Å². The van der Waals surface area contributed by atoms with E-state index in [1.165, 1.54) is 0 Å². The number of anilines is 1. The summed E-state index contributed by atoms with van der Waals surface area (Å²) in [4.78, 5) is 22.8. The zero-order chi connectivity index (χ0) is 24.8. The lowest BCUT2D eigenvalue weighted by atomic mass is 9.74. The minimum atomic E-state index is -4.69. The van der Waals surface area contributed by atoms with Gasteiger partial charge in [-0.15, -0.1) is 0 Å². The number of ether oxygens (including phenoxy) is 2. The van der Waals surface area contributed by atoms with Gasteiger partial charge in [0.2, 0.25) is 5.91 Å². The molecule has 0 radical (unpaired) electrons. The smallest absolute Gasteiger partial charge is 0.416 e. The van der Waals surface area contributed by atoms with Crippen LogP contribution in [0.1, 0.15) is 30.4 Å². The van der Waals surface area contributed by atoms with Gasteiger partial charge >= 0.3 is 6.18 Å². The van der Waals surface area contributed by atoms with Crippen LogP contribution in [0.25, 0.3) is 0 Å². The van der Waals surface area contributed by atoms with Gasteiger partial charge in [-0.2, -0.15) is 13.2 Å². The third-order valence-corrected chi connectivity index (χ3v) is 5.97. The van der Waals surface area contributed by atoms with Gasteiger partial charge in [-0.1, -0.05) is 12.1 Å². The molecule has 0 saturated carbocycles. The highest BCUT2D eigenvalue weighted by Crippen LogP contribution is 2.36. The lowest BCUT2D eigenvalue weighted by molar-refractivity contribution is -0.384. The van der Waals surface area contributed by atoms with Crippen LogP contribution in [-0.4, -0.2) is 44.2 Å². The number of methoxy groups -OCH3 is 1. The van der Waals surface area contributed by atoms with Gasteiger partial charge in [-0.05, 0) is 42.7 Å². The number of nitrogens with zero attached hydrogens (tertiary/aromatic N) is 1. The molecule has 2 N–H and O–H groups in total. The van der Waals surface area contributed by atoms with Crippen molar-refractivity contribution in [3.63, 3.8) is 0 Å². The summed E-state index contributed by atoms with van der Waals surface area (Å²) in [6.07, 6.45) is -3.23. The number of hydrogen-bond acceptors (Lipinski definition) is 6. The van der Waals surface area contributed by atoms with Gasteiger partial charge in [0.05, 0.1) is 17.6 Å². The maximum Gasteiger partial charge on any atom is 0.416 e. The van der Waals surface area contributed by atoms with E-state index in [-0.39, 0.29) is 30.0 Å². The van der Waals surface area contributed by atoms with Crippen LogP contribution in [0.2, 0.25) is 0 Å². The Bertz CT molecular complexity index is 1010. The van der Waals surface area contributed by atoms with Crippen LogP contribution in [0, 0.1) is 10.1 Å². The number of carbonyl (C=O) groups excluding carboxylic acids is 1. The van der Waals surface area contributed by atoms with E-state index in [2.05, 4.69) is 10.6 Å². The summed E-state index contributed by atoms with van der Waals surface area (Å²) >= 11 is 0. The van der Waals surface area contributed by atoms with E-state index in [4.69, 9.17) is 9.47 Å². The first-order valence-corrected chi connectivity index (χ1v) is 10.7. The number of nitrogens with one attached hydrogen (secondary N) is 2. The number of benzene rings is 2. The third-order valence-electron chi connectivity index (χ3n) is 5.97. The Morgan fingerprint density at radius 1 is 1.18 bits per heavy atom. The standard InChI is InChI=1S/C23H26F3N3O5/c1-33-18-5-2-16(3-6-18)22(9-12-34-13-10-22)15-28-21(30)8-11-27-19-7-4-17(23(24,25)26)14-20(19)29(31)32/h2-7,14,27H,8-13,15H2,1H3,(H,28,30). The van der Waals surface area contributed by atoms with Crippen LogP contribution in [0.3, 0.4) is 0 Å². The molecule has 11 heteroatoms. The average molecular weight is 481 g/mol. The molecular weight excluding hydrogens is 455 g/mol. The van der Waals surface area contributed by atoms with Crippen molar-refractivity contribution in [2.24, 2.45) is 0 Å². The van der Waals surface area contributed by atoms with E-state index in [9.17, 15) is 28.1 Å². The molecule has 1 aliphatic heterocycles. The summed E-state index contributed by atoms with van der Waals surface area (Å²) in [6.45, 7) is 1.56. The summed E-state index contributed by atoms with van der Waals surface area (Å²) in [5.41, 5.74) is -1.11. The zero-order valence-electron chi connectivity index (χ0n) is 18.6. The molecule has 0 spiro atoms. The van der Waals surface area contributed by atoms with Gasteiger partial charge in [0.25, 0.3) is 5.69 Å². The van der Waals surface area contributed by atoms with E-state index < -0.39 is 22.4 Å². The van der Waals surface area contributed by atoms with Gasteiger partial charge < -0.3 is 20.1 Å². The van der Waals surface area contributed by atoms with Gasteiger partial charge in [0, 0.05) is 44.2 Å². The first-order chi connectivity index (χ1) is 16.1. The van der Waals surface area contributed by atoms with Crippen molar-refractivity contribution in [3.05, 3.63) is 63.7 Å². The highest BCUT2D eigenvalue weighted by Gasteiger charge is 2.35. The topological polar surface area (TPSA) is 103 Å². The fourth-order valence-electron chi connectivity index (χ4n) is 3.95. The largest absolute Gasteiger partial charge is 0.497 e. The Hall–Kier alpha value is -3.34. The second kappa shape index (κ2) is 10.7. The molecule has 1 aliphatic rings. The van der Waals surface area contributed by atoms with Crippen LogP contribution in [0.5, 0.6) is 5.75 Å². The molecule has 0 unspecified atom stereocenters. The fraction of sp³-hybridized carbons (Fsp3) is 0.435. The van der Waals surface area contributed by atoms with Gasteiger partial charge in [-0.3, -0.25) is 14.9 Å². The van der Waals surface area contributed by atoms with E-state index in [1.54, 1.807) is 7.11 Å². The molecule has 0 aromatic heterocycles. The molecule has 184 valence electrons. The molecule has 1 fully saturated rings. The summed E-state index contributed by atoms with van der Waals surface area (Å²) in [6, 6.07) is 9.93. The first-order valence-electron chi connectivity index (χ1n) is 10.7. The van der Waals surface area contributed by atoms with E-state index in [1.807, 2.05) is 24.3 Å². The molecule has 0 bridgehead atoms. The number of nitro benzene ring substituents is 1. The number of amides is 1. The Balaban J connectivity index is 1.59. The summed E-state index contributed by atoms with van der Waals surface area (Å²) in [7, 11) is 1.59. The van der Waals surface area contributed by atoms with Crippen LogP contribution >= 0.6 is 0 Å². The number of nitro groups is 1. The number of hydrogen-bond donors (Lipinski definition) is 2. The van der Waals surface area contributed by atoms with Gasteiger partial charge in [0.1, 0.15) is 11.4 Å². The molecule has 2 aromatic rings. The van der Waals surface area contributed by atoms with Gasteiger partial charge in [-0.25, -0.2) is 0 Å². The van der Waals surface area contributed by atoms with Gasteiger partial charge in [0.15, 0.2) is 0 Å². The van der Waals surface area contributed by atoms with Crippen LogP contribution < -0.4 is 15.4 Å². The molecule has 34 heavy (non-hydrogen) atoms. The second-order valence-electron chi connectivity index (χ2n) is 8.06. The normalized spacial score (nSPS) is 15.4. The molecular formula is C23H26F3N3O5. The van der Waals surface area contributed by atoms with Crippen molar-refractivity contribution in [1.29, 1.82) is 0 Å². The number of halogens is 3. The molecule has 1 saturated heterocycles. The first kappa shape index (κ1) is 25.3. The van der Waals surface area contributed by atoms with Crippen molar-refractivity contribution >= 4 is 17.3 Å². The summed E-state index contributed by atoms with van der Waals surface area (Å²) in [5, 5.41) is 16.8. The molecule has 8 nitrogen and oxygen atoms in total. The lowest BCUT2D eigenvalue weighted by Gasteiger charge is -2.38. The van der Waals surface area contributed by atoms with E-state index >= 15 is 0 Å². The maximum absolute atomic E-state index is 12.8. The Morgan fingerprint density at radius 3 is 2.44 bits per heavy atom. The van der Waals surface area contributed by atoms with Crippen molar-refractivity contribution in [3.8, 4) is 5.75 Å². The average Bonchev–Trinajstić information content (AvgIpc) is 2.83.